The molecule has 3 heteroatoms. The van der Waals surface area contributed by atoms with E-state index in [2.05, 4.69) is 18.7 Å². The fraction of sp³-hybridized carbons (Fsp3) is 0.588. The van der Waals surface area contributed by atoms with Gasteiger partial charge in [0, 0.05) is 24.2 Å². The summed E-state index contributed by atoms with van der Waals surface area (Å²) in [5.74, 6) is 0.491. The minimum atomic E-state index is -0.255. The molecule has 1 fully saturated rings. The molecule has 0 heterocycles. The minimum Gasteiger partial charge on any atom is -0.371 e. The smallest absolute Gasteiger partial charge is 0.127 e. The zero-order chi connectivity index (χ0) is 14.6. The third-order valence-electron chi connectivity index (χ3n) is 4.58. The monoisotopic (exact) mass is 277 g/mol. The number of aldehydes is 1. The molecule has 0 radical (unpaired) electrons. The lowest BCUT2D eigenvalue weighted by molar-refractivity contribution is -0.117. The third-order valence-corrected chi connectivity index (χ3v) is 4.58. The Balaban J connectivity index is 2.14. The normalized spacial score (nSPS) is 26.2. The van der Waals surface area contributed by atoms with Crippen LogP contribution in [0, 0.1) is 17.2 Å². The summed E-state index contributed by atoms with van der Waals surface area (Å²) in [5, 5.41) is 0. The van der Waals surface area contributed by atoms with Gasteiger partial charge >= 0.3 is 0 Å². The first kappa shape index (κ1) is 15.0. The van der Waals surface area contributed by atoms with Crippen molar-refractivity contribution in [2.24, 2.45) is 11.3 Å². The van der Waals surface area contributed by atoms with Crippen molar-refractivity contribution < 1.29 is 9.18 Å². The van der Waals surface area contributed by atoms with E-state index in [0.29, 0.717) is 12.5 Å². The standard InChI is InChI=1S/C17H24FNO/c1-3-19(16-6-4-5-15(18)11-16)12-17(13-20)9-7-14(2)8-10-17/h4-6,11,13-14H,3,7-10,12H2,1-2H3. The van der Waals surface area contributed by atoms with Gasteiger partial charge in [-0.05, 0) is 56.7 Å². The highest BCUT2D eigenvalue weighted by molar-refractivity contribution is 5.62. The number of nitrogens with zero attached hydrogens (tertiary/aromatic N) is 1. The van der Waals surface area contributed by atoms with Crippen LogP contribution in [0.4, 0.5) is 10.1 Å². The Labute approximate surface area is 121 Å². The number of carbonyl (C=O) groups is 1. The van der Waals surface area contributed by atoms with Crippen LogP contribution in [0.3, 0.4) is 0 Å². The van der Waals surface area contributed by atoms with Crippen molar-refractivity contribution in [3.8, 4) is 0 Å². The molecule has 0 atom stereocenters. The summed E-state index contributed by atoms with van der Waals surface area (Å²) in [7, 11) is 0. The molecular weight excluding hydrogens is 253 g/mol. The van der Waals surface area contributed by atoms with Crippen LogP contribution in [-0.4, -0.2) is 19.4 Å². The number of carbonyl (C=O) groups excluding carboxylic acids is 1. The van der Waals surface area contributed by atoms with E-state index in [0.717, 1.165) is 44.2 Å². The highest BCUT2D eigenvalue weighted by Gasteiger charge is 2.35. The van der Waals surface area contributed by atoms with Crippen LogP contribution < -0.4 is 4.90 Å². The molecule has 2 nitrogen and oxygen atoms in total. The second-order valence-electron chi connectivity index (χ2n) is 6.16. The predicted molar refractivity (Wildman–Crippen MR) is 80.4 cm³/mol. The molecule has 110 valence electrons. The molecule has 1 aromatic carbocycles. The Morgan fingerprint density at radius 2 is 2.10 bits per heavy atom. The van der Waals surface area contributed by atoms with E-state index in [1.54, 1.807) is 12.1 Å². The first-order valence-electron chi connectivity index (χ1n) is 7.55. The first-order valence-corrected chi connectivity index (χ1v) is 7.55. The summed E-state index contributed by atoms with van der Waals surface area (Å²) in [6, 6.07) is 6.64. The van der Waals surface area contributed by atoms with Gasteiger partial charge < -0.3 is 9.69 Å². The van der Waals surface area contributed by atoms with Crippen molar-refractivity contribution in [1.82, 2.24) is 0 Å². The number of hydrogen-bond acceptors (Lipinski definition) is 2. The van der Waals surface area contributed by atoms with Gasteiger partial charge in [-0.3, -0.25) is 0 Å². The topological polar surface area (TPSA) is 20.3 Å². The van der Waals surface area contributed by atoms with Gasteiger partial charge in [0.2, 0.25) is 0 Å². The van der Waals surface area contributed by atoms with E-state index in [4.69, 9.17) is 0 Å². The fourth-order valence-electron chi connectivity index (χ4n) is 3.09. The zero-order valence-electron chi connectivity index (χ0n) is 12.4. The fourth-order valence-corrected chi connectivity index (χ4v) is 3.09. The zero-order valence-corrected chi connectivity index (χ0v) is 12.4. The van der Waals surface area contributed by atoms with Gasteiger partial charge in [0.25, 0.3) is 0 Å². The summed E-state index contributed by atoms with van der Waals surface area (Å²) in [6.45, 7) is 5.78. The minimum absolute atomic E-state index is 0.224. The summed E-state index contributed by atoms with van der Waals surface area (Å²) >= 11 is 0. The molecular formula is C17H24FNO. The van der Waals surface area contributed by atoms with Crippen LogP contribution in [0.15, 0.2) is 24.3 Å². The summed E-state index contributed by atoms with van der Waals surface area (Å²) in [6.07, 6.45) is 5.26. The first-order chi connectivity index (χ1) is 9.58. The van der Waals surface area contributed by atoms with Crippen molar-refractivity contribution in [3.05, 3.63) is 30.1 Å². The Kier molecular flexibility index (Phi) is 4.79. The highest BCUT2D eigenvalue weighted by Crippen LogP contribution is 2.38. The van der Waals surface area contributed by atoms with E-state index in [1.807, 2.05) is 6.07 Å². The van der Waals surface area contributed by atoms with Crippen molar-refractivity contribution in [3.63, 3.8) is 0 Å². The lowest BCUT2D eigenvalue weighted by Gasteiger charge is -2.39. The number of hydrogen-bond donors (Lipinski definition) is 0. The van der Waals surface area contributed by atoms with Gasteiger partial charge in [0.15, 0.2) is 0 Å². The number of halogens is 1. The van der Waals surface area contributed by atoms with Crippen LogP contribution in [0.25, 0.3) is 0 Å². The van der Waals surface area contributed by atoms with E-state index in [-0.39, 0.29) is 11.2 Å². The van der Waals surface area contributed by atoms with Crippen LogP contribution in [0.5, 0.6) is 0 Å². The Morgan fingerprint density at radius 3 is 2.65 bits per heavy atom. The molecule has 0 aromatic heterocycles. The van der Waals surface area contributed by atoms with E-state index < -0.39 is 0 Å². The van der Waals surface area contributed by atoms with Gasteiger partial charge in [-0.2, -0.15) is 0 Å². The van der Waals surface area contributed by atoms with Crippen LogP contribution in [0.2, 0.25) is 0 Å². The molecule has 1 aliphatic carbocycles. The Hall–Kier alpha value is -1.38. The highest BCUT2D eigenvalue weighted by atomic mass is 19.1. The maximum atomic E-state index is 13.4. The molecule has 1 saturated carbocycles. The van der Waals surface area contributed by atoms with Crippen LogP contribution in [-0.2, 0) is 4.79 Å². The van der Waals surface area contributed by atoms with E-state index >= 15 is 0 Å². The van der Waals surface area contributed by atoms with Gasteiger partial charge in [0.05, 0.1) is 0 Å². The quantitative estimate of drug-likeness (QED) is 0.757. The van der Waals surface area contributed by atoms with Crippen LogP contribution in [0.1, 0.15) is 39.5 Å². The third kappa shape index (κ3) is 3.38. The predicted octanol–water partition coefficient (Wildman–Crippen LogP) is 4.05. The van der Waals surface area contributed by atoms with E-state index in [1.165, 1.54) is 6.07 Å². The van der Waals surface area contributed by atoms with Gasteiger partial charge in [0.1, 0.15) is 12.1 Å². The number of anilines is 1. The molecule has 1 aromatic rings. The maximum Gasteiger partial charge on any atom is 0.127 e. The molecule has 0 N–H and O–H groups in total. The molecule has 0 aliphatic heterocycles. The summed E-state index contributed by atoms with van der Waals surface area (Å²) in [5.41, 5.74) is 0.613. The van der Waals surface area contributed by atoms with Gasteiger partial charge in [-0.15, -0.1) is 0 Å². The molecule has 0 saturated heterocycles. The second kappa shape index (κ2) is 6.38. The van der Waals surface area contributed by atoms with Crippen molar-refractivity contribution in [1.29, 1.82) is 0 Å². The summed E-state index contributed by atoms with van der Waals surface area (Å²) in [4.78, 5) is 13.8. The molecule has 0 unspecified atom stereocenters. The molecule has 0 spiro atoms. The average Bonchev–Trinajstić information content (AvgIpc) is 2.47. The largest absolute Gasteiger partial charge is 0.371 e. The van der Waals surface area contributed by atoms with Crippen molar-refractivity contribution in [2.75, 3.05) is 18.0 Å². The lowest BCUT2D eigenvalue weighted by Crippen LogP contribution is -2.41. The molecule has 2 rings (SSSR count). The Morgan fingerprint density at radius 1 is 1.40 bits per heavy atom. The SMILES string of the molecule is CCN(CC1(C=O)CCC(C)CC1)c1cccc(F)c1. The van der Waals surface area contributed by atoms with E-state index in [9.17, 15) is 9.18 Å². The number of benzene rings is 1. The van der Waals surface area contributed by atoms with Gasteiger partial charge in [-0.1, -0.05) is 13.0 Å². The number of rotatable bonds is 5. The Bertz CT molecular complexity index is 452. The molecule has 20 heavy (non-hydrogen) atoms. The van der Waals surface area contributed by atoms with Crippen molar-refractivity contribution in [2.45, 2.75) is 39.5 Å². The summed E-state index contributed by atoms with van der Waals surface area (Å²) < 4.78 is 13.4. The molecule has 0 bridgehead atoms. The lowest BCUT2D eigenvalue weighted by atomic mass is 9.71. The molecule has 1 aliphatic rings. The van der Waals surface area contributed by atoms with Crippen molar-refractivity contribution >= 4 is 12.0 Å². The molecule has 0 amide bonds. The van der Waals surface area contributed by atoms with Gasteiger partial charge in [-0.25, -0.2) is 4.39 Å². The van der Waals surface area contributed by atoms with Crippen LogP contribution >= 0.6 is 0 Å². The average molecular weight is 277 g/mol. The maximum absolute atomic E-state index is 13.4. The second-order valence-corrected chi connectivity index (χ2v) is 6.16.